The van der Waals surface area contributed by atoms with Crippen LogP contribution < -0.4 is 21.3 Å². The highest BCUT2D eigenvalue weighted by Gasteiger charge is 2.28. The van der Waals surface area contributed by atoms with Crippen LogP contribution in [-0.4, -0.2) is 94.0 Å². The van der Waals surface area contributed by atoms with Crippen molar-refractivity contribution in [1.82, 2.24) is 29.7 Å². The van der Waals surface area contributed by atoms with Crippen LogP contribution in [-0.2, 0) is 0 Å². The number of benzene rings is 1. The Kier molecular flexibility index (Phi) is 7.12. The molecule has 0 atom stereocenters. The highest BCUT2D eigenvalue weighted by atomic mass is 16.1. The van der Waals surface area contributed by atoms with E-state index in [9.17, 15) is 4.79 Å². The average Bonchev–Trinajstić information content (AvgIpc) is 3.69. The first-order valence-corrected chi connectivity index (χ1v) is 15.0. The number of hydrogen-bond donors (Lipinski definition) is 4. The van der Waals surface area contributed by atoms with Crippen LogP contribution in [0.4, 0.5) is 23.0 Å². The monoisotopic (exact) mass is 566 g/mol. The number of hydrogen-bond acceptors (Lipinski definition) is 9. The smallest absolute Gasteiger partial charge is 0.271 e. The van der Waals surface area contributed by atoms with Gasteiger partial charge in [-0.05, 0) is 69.1 Å². The molecule has 4 aromatic rings. The van der Waals surface area contributed by atoms with Crippen molar-refractivity contribution in [3.8, 4) is 11.3 Å². The Labute approximate surface area is 245 Å². The number of rotatable bonds is 8. The highest BCUT2D eigenvalue weighted by Crippen LogP contribution is 2.36. The standard InChI is InChI=1S/C31H38N10O/c1-39-16-18-41(19-17-39)23-10-14-40(15-11-23)22-6-4-21(5-7-22)36-31-27(28(32)42)37-26(30(38-31)35-20-2-3-20)24-8-12-33-29-25(24)9-13-34-29/h4-9,12-13,20,23H,2-3,10-11,14-19H2,1H3,(H2,32,42)(H,33,34)(H2,35,36,38). The summed E-state index contributed by atoms with van der Waals surface area (Å²) in [6.45, 7) is 6.80. The van der Waals surface area contributed by atoms with E-state index >= 15 is 0 Å². The van der Waals surface area contributed by atoms with Crippen molar-refractivity contribution in [2.45, 2.75) is 37.8 Å². The predicted octanol–water partition coefficient (Wildman–Crippen LogP) is 3.65. The lowest BCUT2D eigenvalue weighted by molar-refractivity contribution is 0.0982. The van der Waals surface area contributed by atoms with Crippen LogP contribution in [0.5, 0.6) is 0 Å². The molecule has 3 aliphatic rings. The molecule has 2 saturated heterocycles. The Morgan fingerprint density at radius 2 is 1.69 bits per heavy atom. The number of piperazine rings is 1. The summed E-state index contributed by atoms with van der Waals surface area (Å²) in [6.07, 6.45) is 8.10. The fourth-order valence-electron chi connectivity index (χ4n) is 6.14. The van der Waals surface area contributed by atoms with Gasteiger partial charge in [0.1, 0.15) is 11.3 Å². The third-order valence-corrected chi connectivity index (χ3v) is 8.78. The van der Waals surface area contributed by atoms with Crippen LogP contribution >= 0.6 is 0 Å². The lowest BCUT2D eigenvalue weighted by Gasteiger charge is -2.42. The molecule has 3 aromatic heterocycles. The Hall–Kier alpha value is -4.22. The second-order valence-corrected chi connectivity index (χ2v) is 11.7. The molecule has 218 valence electrons. The van der Waals surface area contributed by atoms with Crippen LogP contribution in [0.15, 0.2) is 48.8 Å². The summed E-state index contributed by atoms with van der Waals surface area (Å²) in [5.41, 5.74) is 10.1. The molecule has 42 heavy (non-hydrogen) atoms. The van der Waals surface area contributed by atoms with Gasteiger partial charge in [0.25, 0.3) is 5.91 Å². The number of H-pyrrole nitrogens is 1. The molecule has 0 spiro atoms. The Morgan fingerprint density at radius 1 is 0.929 bits per heavy atom. The SMILES string of the molecule is CN1CCN(C2CCN(c3ccc(Nc4nc(NC5CC5)c(-c5ccnc6[nH]ccc56)nc4C(N)=O)cc3)CC2)CC1. The Bertz CT molecular complexity index is 1560. The van der Waals surface area contributed by atoms with Crippen LogP contribution in [0.25, 0.3) is 22.3 Å². The van der Waals surface area contributed by atoms with Gasteiger partial charge in [0, 0.05) is 86.1 Å². The number of piperidine rings is 1. The van der Waals surface area contributed by atoms with Gasteiger partial charge < -0.3 is 31.2 Å². The van der Waals surface area contributed by atoms with E-state index in [-0.39, 0.29) is 5.69 Å². The molecular formula is C31H38N10O. The summed E-state index contributed by atoms with van der Waals surface area (Å²) in [5, 5.41) is 7.73. The first kappa shape index (κ1) is 26.7. The summed E-state index contributed by atoms with van der Waals surface area (Å²) in [7, 11) is 2.21. The molecule has 1 aliphatic carbocycles. The first-order valence-electron chi connectivity index (χ1n) is 15.0. The molecule has 0 radical (unpaired) electrons. The minimum Gasteiger partial charge on any atom is -0.371 e. The second kappa shape index (κ2) is 11.2. The summed E-state index contributed by atoms with van der Waals surface area (Å²) >= 11 is 0. The summed E-state index contributed by atoms with van der Waals surface area (Å²) in [4.78, 5) is 37.3. The molecule has 1 saturated carbocycles. The Morgan fingerprint density at radius 3 is 2.40 bits per heavy atom. The van der Waals surface area contributed by atoms with Gasteiger partial charge in [0.05, 0.1) is 0 Å². The molecule has 2 aliphatic heterocycles. The lowest BCUT2D eigenvalue weighted by Crippen LogP contribution is -2.52. The van der Waals surface area contributed by atoms with Gasteiger partial charge >= 0.3 is 0 Å². The molecule has 3 fully saturated rings. The fourth-order valence-corrected chi connectivity index (χ4v) is 6.14. The van der Waals surface area contributed by atoms with Gasteiger partial charge in [0.2, 0.25) is 0 Å². The zero-order valence-corrected chi connectivity index (χ0v) is 24.0. The van der Waals surface area contributed by atoms with E-state index < -0.39 is 5.91 Å². The number of aromatic amines is 1. The number of carbonyl (C=O) groups excluding carboxylic acids is 1. The van der Waals surface area contributed by atoms with Gasteiger partial charge in [-0.1, -0.05) is 0 Å². The van der Waals surface area contributed by atoms with E-state index in [0.717, 1.165) is 61.3 Å². The molecule has 0 unspecified atom stereocenters. The number of nitrogens with two attached hydrogens (primary N) is 1. The number of carbonyl (C=O) groups is 1. The summed E-state index contributed by atoms with van der Waals surface area (Å²) < 4.78 is 0. The quantitative estimate of drug-likeness (QED) is 0.252. The van der Waals surface area contributed by atoms with Crippen LogP contribution in [0.2, 0.25) is 0 Å². The maximum atomic E-state index is 12.6. The van der Waals surface area contributed by atoms with Gasteiger partial charge in [-0.15, -0.1) is 0 Å². The average molecular weight is 567 g/mol. The molecule has 5 N–H and O–H groups in total. The number of fused-ring (bicyclic) bond motifs is 1. The van der Waals surface area contributed by atoms with Crippen molar-refractivity contribution in [2.24, 2.45) is 5.73 Å². The van der Waals surface area contributed by atoms with Crippen molar-refractivity contribution in [1.29, 1.82) is 0 Å². The second-order valence-electron chi connectivity index (χ2n) is 11.7. The van der Waals surface area contributed by atoms with Crippen molar-refractivity contribution in [3.63, 3.8) is 0 Å². The molecule has 1 aromatic carbocycles. The van der Waals surface area contributed by atoms with Crippen molar-refractivity contribution >= 4 is 40.0 Å². The Balaban J connectivity index is 1.10. The fraction of sp³-hybridized carbons (Fsp3) is 0.419. The van der Waals surface area contributed by atoms with E-state index in [1.54, 1.807) is 6.20 Å². The predicted molar refractivity (Wildman–Crippen MR) is 166 cm³/mol. The minimum absolute atomic E-state index is 0.0990. The summed E-state index contributed by atoms with van der Waals surface area (Å²) in [5.74, 6) is 0.330. The number of primary amides is 1. The number of likely N-dealkylation sites (N-methyl/N-ethyl adjacent to an activating group) is 1. The van der Waals surface area contributed by atoms with E-state index in [4.69, 9.17) is 15.7 Å². The molecule has 1 amide bonds. The number of aromatic nitrogens is 4. The third-order valence-electron chi connectivity index (χ3n) is 8.78. The van der Waals surface area contributed by atoms with E-state index in [2.05, 4.69) is 54.5 Å². The van der Waals surface area contributed by atoms with E-state index in [0.29, 0.717) is 29.4 Å². The number of nitrogens with one attached hydrogen (secondary N) is 3. The topological polar surface area (TPSA) is 131 Å². The first-order chi connectivity index (χ1) is 20.5. The van der Waals surface area contributed by atoms with Crippen molar-refractivity contribution < 1.29 is 4.79 Å². The van der Waals surface area contributed by atoms with E-state index in [1.165, 1.54) is 31.6 Å². The molecule has 5 heterocycles. The maximum Gasteiger partial charge on any atom is 0.271 e. The van der Waals surface area contributed by atoms with Crippen molar-refractivity contribution in [2.75, 3.05) is 61.8 Å². The maximum absolute atomic E-state index is 12.6. The van der Waals surface area contributed by atoms with Crippen LogP contribution in [0, 0.1) is 0 Å². The molecule has 0 bridgehead atoms. The molecular weight excluding hydrogens is 528 g/mol. The highest BCUT2D eigenvalue weighted by molar-refractivity contribution is 6.00. The zero-order chi connectivity index (χ0) is 28.6. The van der Waals surface area contributed by atoms with E-state index in [1.807, 2.05) is 30.5 Å². The number of amides is 1. The largest absolute Gasteiger partial charge is 0.371 e. The zero-order valence-electron chi connectivity index (χ0n) is 24.0. The van der Waals surface area contributed by atoms with Crippen molar-refractivity contribution in [3.05, 3.63) is 54.5 Å². The van der Waals surface area contributed by atoms with Gasteiger partial charge in [0.15, 0.2) is 17.3 Å². The molecule has 11 nitrogen and oxygen atoms in total. The molecule has 7 rings (SSSR count). The van der Waals surface area contributed by atoms with Gasteiger partial charge in [-0.2, -0.15) is 0 Å². The number of pyridine rings is 1. The lowest BCUT2D eigenvalue weighted by atomic mass is 10.0. The minimum atomic E-state index is -0.636. The number of nitrogens with zero attached hydrogens (tertiary/aromatic N) is 6. The van der Waals surface area contributed by atoms with Gasteiger partial charge in [-0.3, -0.25) is 9.69 Å². The summed E-state index contributed by atoms with van der Waals surface area (Å²) in [6, 6.07) is 13.2. The van der Waals surface area contributed by atoms with Crippen LogP contribution in [0.3, 0.4) is 0 Å². The molecule has 11 heteroatoms. The van der Waals surface area contributed by atoms with Crippen LogP contribution in [0.1, 0.15) is 36.2 Å². The number of anilines is 4. The normalized spacial score (nSPS) is 18.8. The van der Waals surface area contributed by atoms with Gasteiger partial charge in [-0.25, -0.2) is 15.0 Å². The third kappa shape index (κ3) is 5.49.